The second-order valence-electron chi connectivity index (χ2n) is 6.11. The van der Waals surface area contributed by atoms with E-state index in [1.54, 1.807) is 13.0 Å². The summed E-state index contributed by atoms with van der Waals surface area (Å²) in [6.45, 7) is 1.58. The molecule has 0 aromatic heterocycles. The summed E-state index contributed by atoms with van der Waals surface area (Å²) in [5.74, 6) is 0. The molecule has 2 atom stereocenters. The summed E-state index contributed by atoms with van der Waals surface area (Å²) in [5.41, 5.74) is 0.0167. The lowest BCUT2D eigenvalue weighted by atomic mass is 10.0. The summed E-state index contributed by atoms with van der Waals surface area (Å²) in [4.78, 5) is 10.3. The molecule has 2 bridgehead atoms. The van der Waals surface area contributed by atoms with Crippen molar-refractivity contribution >= 4 is 15.7 Å². The highest BCUT2D eigenvalue weighted by atomic mass is 32.2. The van der Waals surface area contributed by atoms with Gasteiger partial charge in [-0.05, 0) is 38.2 Å². The third kappa shape index (κ3) is 2.86. The molecule has 2 unspecified atom stereocenters. The number of benzene rings is 1. The average Bonchev–Trinajstić information content (AvgIpc) is 2.76. The summed E-state index contributed by atoms with van der Waals surface area (Å²) in [6, 6.07) is 4.83. The predicted molar refractivity (Wildman–Crippen MR) is 81.1 cm³/mol. The smallest absolute Gasteiger partial charge is 0.289 e. The minimum Gasteiger partial charge on any atom is -0.311 e. The summed E-state index contributed by atoms with van der Waals surface area (Å²) < 4.78 is 28.0. The van der Waals surface area contributed by atoms with E-state index in [4.69, 9.17) is 0 Å². The Balaban J connectivity index is 1.89. The topological polar surface area (TPSA) is 101 Å². The monoisotopic (exact) mass is 325 g/mol. The first-order valence-electron chi connectivity index (χ1n) is 7.39. The highest BCUT2D eigenvalue weighted by Crippen LogP contribution is 2.30. The Kier molecular flexibility index (Phi) is 3.92. The number of sulfonamides is 1. The highest BCUT2D eigenvalue weighted by molar-refractivity contribution is 7.89. The van der Waals surface area contributed by atoms with Crippen molar-refractivity contribution in [3.63, 3.8) is 0 Å². The van der Waals surface area contributed by atoms with Gasteiger partial charge in [0, 0.05) is 24.2 Å². The number of hydrogen-bond acceptors (Lipinski definition) is 5. The van der Waals surface area contributed by atoms with Gasteiger partial charge >= 0.3 is 0 Å². The minimum atomic E-state index is -3.90. The molecule has 0 spiro atoms. The zero-order chi connectivity index (χ0) is 15.9. The first-order chi connectivity index (χ1) is 10.4. The highest BCUT2D eigenvalue weighted by Gasteiger charge is 2.37. The van der Waals surface area contributed by atoms with Gasteiger partial charge in [0.2, 0.25) is 10.0 Å². The zero-order valence-corrected chi connectivity index (χ0v) is 13.1. The van der Waals surface area contributed by atoms with Crippen molar-refractivity contribution in [2.24, 2.45) is 0 Å². The standard InChI is InChI=1S/C14H19N3O4S/c1-9-3-2-4-13(17(18)19)14(9)22(20,21)16-12-7-10-5-6-11(8-12)15-10/h2-4,10-12,15-16H,5-8H2,1H3. The molecular formula is C14H19N3O4S. The molecule has 2 aliphatic heterocycles. The molecule has 2 N–H and O–H groups in total. The van der Waals surface area contributed by atoms with E-state index in [1.165, 1.54) is 12.1 Å². The van der Waals surface area contributed by atoms with Gasteiger partial charge in [-0.25, -0.2) is 13.1 Å². The van der Waals surface area contributed by atoms with Crippen LogP contribution in [0, 0.1) is 17.0 Å². The summed E-state index contributed by atoms with van der Waals surface area (Å²) >= 11 is 0. The molecule has 2 saturated heterocycles. The Bertz CT molecular complexity index is 692. The van der Waals surface area contributed by atoms with Crippen LogP contribution < -0.4 is 10.0 Å². The first kappa shape index (κ1) is 15.4. The Labute approximate surface area is 129 Å². The molecular weight excluding hydrogens is 306 g/mol. The number of hydrogen-bond donors (Lipinski definition) is 2. The maximum Gasteiger partial charge on any atom is 0.289 e. The minimum absolute atomic E-state index is 0.164. The molecule has 0 amide bonds. The molecule has 0 saturated carbocycles. The Morgan fingerprint density at radius 1 is 1.27 bits per heavy atom. The molecule has 2 fully saturated rings. The van der Waals surface area contributed by atoms with E-state index in [9.17, 15) is 18.5 Å². The van der Waals surface area contributed by atoms with Crippen molar-refractivity contribution in [2.75, 3.05) is 0 Å². The van der Waals surface area contributed by atoms with E-state index < -0.39 is 14.9 Å². The number of fused-ring (bicyclic) bond motifs is 2. The van der Waals surface area contributed by atoms with Crippen LogP contribution in [0.1, 0.15) is 31.2 Å². The van der Waals surface area contributed by atoms with Crippen molar-refractivity contribution in [1.82, 2.24) is 10.0 Å². The molecule has 0 radical (unpaired) electrons. The Morgan fingerprint density at radius 3 is 2.50 bits per heavy atom. The van der Waals surface area contributed by atoms with Gasteiger partial charge in [0.15, 0.2) is 4.90 Å². The number of nitrogens with zero attached hydrogens (tertiary/aromatic N) is 1. The van der Waals surface area contributed by atoms with E-state index in [0.717, 1.165) is 25.7 Å². The van der Waals surface area contributed by atoms with Crippen LogP contribution in [0.15, 0.2) is 23.1 Å². The van der Waals surface area contributed by atoms with Gasteiger partial charge in [-0.3, -0.25) is 10.1 Å². The van der Waals surface area contributed by atoms with Crippen LogP contribution in [-0.2, 0) is 10.0 Å². The average molecular weight is 325 g/mol. The number of nitrogens with one attached hydrogen (secondary N) is 2. The number of nitro benzene ring substituents is 1. The lowest BCUT2D eigenvalue weighted by Gasteiger charge is -2.29. The van der Waals surface area contributed by atoms with Gasteiger partial charge in [-0.1, -0.05) is 12.1 Å². The lowest BCUT2D eigenvalue weighted by molar-refractivity contribution is -0.387. The van der Waals surface area contributed by atoms with Crippen LogP contribution in [0.3, 0.4) is 0 Å². The fourth-order valence-corrected chi connectivity index (χ4v) is 5.22. The van der Waals surface area contributed by atoms with Gasteiger partial charge in [0.25, 0.3) is 5.69 Å². The van der Waals surface area contributed by atoms with Crippen molar-refractivity contribution in [3.8, 4) is 0 Å². The van der Waals surface area contributed by atoms with Gasteiger partial charge < -0.3 is 5.32 Å². The van der Waals surface area contributed by atoms with E-state index in [-0.39, 0.29) is 16.6 Å². The van der Waals surface area contributed by atoms with Gasteiger partial charge in [0.1, 0.15) is 0 Å². The number of piperidine rings is 1. The quantitative estimate of drug-likeness (QED) is 0.645. The van der Waals surface area contributed by atoms with Gasteiger partial charge in [-0.15, -0.1) is 0 Å². The van der Waals surface area contributed by atoms with E-state index in [2.05, 4.69) is 10.0 Å². The second kappa shape index (κ2) is 5.60. The third-order valence-corrected chi connectivity index (χ3v) is 6.16. The largest absolute Gasteiger partial charge is 0.311 e. The molecule has 2 aliphatic rings. The third-order valence-electron chi connectivity index (χ3n) is 4.45. The molecule has 1 aromatic rings. The van der Waals surface area contributed by atoms with Crippen molar-refractivity contribution < 1.29 is 13.3 Å². The summed E-state index contributed by atoms with van der Waals surface area (Å²) in [7, 11) is -3.90. The van der Waals surface area contributed by atoms with Gasteiger partial charge in [-0.2, -0.15) is 0 Å². The maximum absolute atomic E-state index is 12.6. The van der Waals surface area contributed by atoms with Crippen LogP contribution in [0.4, 0.5) is 5.69 Å². The van der Waals surface area contributed by atoms with Crippen LogP contribution in [0.2, 0.25) is 0 Å². The van der Waals surface area contributed by atoms with Crippen LogP contribution in [0.5, 0.6) is 0 Å². The first-order valence-corrected chi connectivity index (χ1v) is 8.87. The molecule has 0 aliphatic carbocycles. The SMILES string of the molecule is Cc1cccc([N+](=O)[O-])c1S(=O)(=O)NC1CC2CCC(C1)N2. The molecule has 120 valence electrons. The predicted octanol–water partition coefficient (Wildman–Crippen LogP) is 1.46. The van der Waals surface area contributed by atoms with Crippen LogP contribution in [0.25, 0.3) is 0 Å². The zero-order valence-electron chi connectivity index (χ0n) is 12.3. The van der Waals surface area contributed by atoms with E-state index in [0.29, 0.717) is 17.6 Å². The van der Waals surface area contributed by atoms with Crippen molar-refractivity contribution in [2.45, 2.75) is 55.6 Å². The second-order valence-corrected chi connectivity index (χ2v) is 7.76. The summed E-state index contributed by atoms with van der Waals surface area (Å²) in [6.07, 6.45) is 3.59. The number of nitro groups is 1. The fourth-order valence-electron chi connectivity index (χ4n) is 3.56. The molecule has 2 heterocycles. The van der Waals surface area contributed by atoms with Crippen LogP contribution >= 0.6 is 0 Å². The van der Waals surface area contributed by atoms with E-state index in [1.807, 2.05) is 0 Å². The molecule has 22 heavy (non-hydrogen) atoms. The van der Waals surface area contributed by atoms with Crippen molar-refractivity contribution in [1.29, 1.82) is 0 Å². The molecule has 8 heteroatoms. The number of aryl methyl sites for hydroxylation is 1. The van der Waals surface area contributed by atoms with Gasteiger partial charge in [0.05, 0.1) is 4.92 Å². The summed E-state index contributed by atoms with van der Waals surface area (Å²) in [5, 5.41) is 14.6. The number of rotatable bonds is 4. The molecule has 7 nitrogen and oxygen atoms in total. The van der Waals surface area contributed by atoms with Crippen molar-refractivity contribution in [3.05, 3.63) is 33.9 Å². The lowest BCUT2D eigenvalue weighted by Crippen LogP contribution is -2.48. The normalized spacial score (nSPS) is 27.8. The van der Waals surface area contributed by atoms with E-state index >= 15 is 0 Å². The Hall–Kier alpha value is -1.51. The molecule has 1 aromatic carbocycles. The molecule has 3 rings (SSSR count). The Morgan fingerprint density at radius 2 is 1.91 bits per heavy atom. The fraction of sp³-hybridized carbons (Fsp3) is 0.571. The maximum atomic E-state index is 12.6. The van der Waals surface area contributed by atoms with Crippen LogP contribution in [-0.4, -0.2) is 31.5 Å².